The molecule has 1 N–H and O–H groups in total. The molecule has 0 radical (unpaired) electrons. The maximum Gasteiger partial charge on any atom is 0.335 e. The molecule has 29 heavy (non-hydrogen) atoms. The second-order valence-electron chi connectivity index (χ2n) is 9.00. The Hall–Kier alpha value is -1.10. The van der Waals surface area contributed by atoms with E-state index in [0.717, 1.165) is 12.8 Å². The highest BCUT2D eigenvalue weighted by Crippen LogP contribution is 2.21. The molecule has 0 aromatic heterocycles. The zero-order chi connectivity index (χ0) is 21.2. The van der Waals surface area contributed by atoms with Gasteiger partial charge in [-0.15, -0.1) is 0 Å². The Bertz CT molecular complexity index is 438. The SMILES string of the molecule is CCCCCCCCCCCCCCCCCC(C)(O)CC(=O)ON1C=NCC1. The summed E-state index contributed by atoms with van der Waals surface area (Å²) in [7, 11) is 0. The van der Waals surface area contributed by atoms with E-state index in [1.54, 1.807) is 6.92 Å². The van der Waals surface area contributed by atoms with Gasteiger partial charge in [-0.05, 0) is 13.3 Å². The molecule has 5 heteroatoms. The van der Waals surface area contributed by atoms with Crippen LogP contribution in [0.2, 0.25) is 0 Å². The summed E-state index contributed by atoms with van der Waals surface area (Å²) >= 11 is 0. The molecule has 1 unspecified atom stereocenters. The number of rotatable bonds is 19. The summed E-state index contributed by atoms with van der Waals surface area (Å²) in [6.45, 7) is 5.26. The number of hydrogen-bond donors (Lipinski definition) is 1. The molecule has 1 rings (SSSR count). The van der Waals surface area contributed by atoms with Crippen LogP contribution in [0.3, 0.4) is 0 Å². The van der Waals surface area contributed by atoms with Crippen molar-refractivity contribution < 1.29 is 14.7 Å². The highest BCUT2D eigenvalue weighted by molar-refractivity contribution is 5.72. The monoisotopic (exact) mass is 410 g/mol. The average molecular weight is 411 g/mol. The van der Waals surface area contributed by atoms with Gasteiger partial charge in [-0.3, -0.25) is 4.99 Å². The molecule has 0 bridgehead atoms. The van der Waals surface area contributed by atoms with Crippen molar-refractivity contribution in [3.8, 4) is 0 Å². The van der Waals surface area contributed by atoms with Crippen molar-refractivity contribution in [1.29, 1.82) is 0 Å². The quantitative estimate of drug-likeness (QED) is 0.258. The Morgan fingerprint density at radius 3 is 1.86 bits per heavy atom. The summed E-state index contributed by atoms with van der Waals surface area (Å²) in [6, 6.07) is 0. The predicted octanol–water partition coefficient (Wildman–Crippen LogP) is 6.19. The van der Waals surface area contributed by atoms with Crippen molar-refractivity contribution in [2.24, 2.45) is 4.99 Å². The molecule has 0 fully saturated rings. The molecule has 1 atom stereocenters. The topological polar surface area (TPSA) is 62.1 Å². The average Bonchev–Trinajstić information content (AvgIpc) is 3.17. The van der Waals surface area contributed by atoms with E-state index in [0.29, 0.717) is 19.5 Å². The van der Waals surface area contributed by atoms with Gasteiger partial charge in [0.25, 0.3) is 0 Å². The molecule has 0 aliphatic carbocycles. The van der Waals surface area contributed by atoms with E-state index in [4.69, 9.17) is 4.84 Å². The van der Waals surface area contributed by atoms with Gasteiger partial charge in [0.2, 0.25) is 0 Å². The van der Waals surface area contributed by atoms with Crippen LogP contribution < -0.4 is 0 Å². The van der Waals surface area contributed by atoms with Gasteiger partial charge >= 0.3 is 5.97 Å². The highest BCUT2D eigenvalue weighted by Gasteiger charge is 2.26. The summed E-state index contributed by atoms with van der Waals surface area (Å²) in [6.07, 6.45) is 22.1. The molecule has 0 saturated carbocycles. The lowest BCUT2D eigenvalue weighted by Crippen LogP contribution is -2.32. The standard InChI is InChI=1S/C24H46N2O3/c1-3-4-5-6-7-8-9-10-11-12-13-14-15-16-17-18-24(2,28)21-23(27)29-26-20-19-25-22-26/h22,28H,3-21H2,1-2H3. The first-order chi connectivity index (χ1) is 14.0. The number of aliphatic hydroxyl groups is 1. The van der Waals surface area contributed by atoms with Crippen LogP contribution in [0.5, 0.6) is 0 Å². The largest absolute Gasteiger partial charge is 0.390 e. The summed E-state index contributed by atoms with van der Waals surface area (Å²) in [5.41, 5.74) is -0.982. The van der Waals surface area contributed by atoms with Crippen molar-refractivity contribution in [2.45, 2.75) is 129 Å². The number of nitrogens with zero attached hydrogens (tertiary/aromatic N) is 2. The number of hydroxylamine groups is 2. The third kappa shape index (κ3) is 15.4. The summed E-state index contributed by atoms with van der Waals surface area (Å²) in [5.74, 6) is -0.385. The maximum absolute atomic E-state index is 11.9. The zero-order valence-electron chi connectivity index (χ0n) is 19.2. The number of hydrogen-bond acceptors (Lipinski definition) is 5. The molecular weight excluding hydrogens is 364 g/mol. The van der Waals surface area contributed by atoms with Gasteiger partial charge in [0.1, 0.15) is 6.34 Å². The molecule has 1 heterocycles. The first kappa shape index (κ1) is 25.9. The van der Waals surface area contributed by atoms with Crippen molar-refractivity contribution in [3.63, 3.8) is 0 Å². The van der Waals surface area contributed by atoms with Gasteiger partial charge in [0.15, 0.2) is 0 Å². The molecule has 0 amide bonds. The summed E-state index contributed by atoms with van der Waals surface area (Å²) in [5, 5.41) is 11.8. The molecule has 1 aliphatic heterocycles. The minimum absolute atomic E-state index is 0.0376. The summed E-state index contributed by atoms with van der Waals surface area (Å²) in [4.78, 5) is 21.0. The molecule has 1 aliphatic rings. The van der Waals surface area contributed by atoms with E-state index in [2.05, 4.69) is 11.9 Å². The van der Waals surface area contributed by atoms with Crippen LogP contribution in [-0.2, 0) is 9.63 Å². The molecule has 0 saturated heterocycles. The van der Waals surface area contributed by atoms with Gasteiger partial charge in [-0.25, -0.2) is 4.79 Å². The smallest absolute Gasteiger partial charge is 0.335 e. The van der Waals surface area contributed by atoms with Gasteiger partial charge < -0.3 is 9.94 Å². The van der Waals surface area contributed by atoms with Gasteiger partial charge in [0.05, 0.1) is 25.1 Å². The molecule has 0 aromatic carbocycles. The third-order valence-corrected chi connectivity index (χ3v) is 5.72. The van der Waals surface area contributed by atoms with Crippen molar-refractivity contribution >= 4 is 12.3 Å². The Balaban J connectivity index is 1.85. The van der Waals surface area contributed by atoms with Crippen molar-refractivity contribution in [3.05, 3.63) is 0 Å². The Morgan fingerprint density at radius 1 is 0.931 bits per heavy atom. The van der Waals surface area contributed by atoms with Crippen LogP contribution in [0.15, 0.2) is 4.99 Å². The van der Waals surface area contributed by atoms with E-state index >= 15 is 0 Å². The maximum atomic E-state index is 11.9. The summed E-state index contributed by atoms with van der Waals surface area (Å²) < 4.78 is 0. The molecular formula is C24H46N2O3. The lowest BCUT2D eigenvalue weighted by atomic mass is 9.94. The van der Waals surface area contributed by atoms with Crippen molar-refractivity contribution in [2.75, 3.05) is 13.1 Å². The van der Waals surface area contributed by atoms with Crippen molar-refractivity contribution in [1.82, 2.24) is 5.06 Å². The Kier molecular flexibility index (Phi) is 14.9. The molecule has 0 aromatic rings. The minimum atomic E-state index is -0.982. The van der Waals surface area contributed by atoms with Crippen LogP contribution in [0, 0.1) is 0 Å². The van der Waals surface area contributed by atoms with E-state index in [-0.39, 0.29) is 12.4 Å². The predicted molar refractivity (Wildman–Crippen MR) is 121 cm³/mol. The van der Waals surface area contributed by atoms with E-state index in [1.165, 1.54) is 94.9 Å². The van der Waals surface area contributed by atoms with Gasteiger partial charge in [-0.2, -0.15) is 5.06 Å². The van der Waals surface area contributed by atoms with Crippen LogP contribution in [-0.4, -0.2) is 41.2 Å². The van der Waals surface area contributed by atoms with Crippen LogP contribution in [0.4, 0.5) is 0 Å². The molecule has 5 nitrogen and oxygen atoms in total. The Labute approximate surface area is 179 Å². The minimum Gasteiger partial charge on any atom is -0.390 e. The normalized spacial score (nSPS) is 15.6. The molecule has 170 valence electrons. The third-order valence-electron chi connectivity index (χ3n) is 5.72. The van der Waals surface area contributed by atoms with E-state index < -0.39 is 5.60 Å². The van der Waals surface area contributed by atoms with Gasteiger partial charge in [0, 0.05) is 0 Å². The first-order valence-corrected chi connectivity index (χ1v) is 12.2. The fourth-order valence-electron chi connectivity index (χ4n) is 3.87. The second kappa shape index (κ2) is 16.7. The van der Waals surface area contributed by atoms with Gasteiger partial charge in [-0.1, -0.05) is 103 Å². The zero-order valence-corrected chi connectivity index (χ0v) is 19.2. The number of carbonyl (C=O) groups excluding carboxylic acids is 1. The Morgan fingerprint density at radius 2 is 1.41 bits per heavy atom. The van der Waals surface area contributed by atoms with Crippen LogP contribution >= 0.6 is 0 Å². The van der Waals surface area contributed by atoms with E-state index in [9.17, 15) is 9.90 Å². The number of unbranched alkanes of at least 4 members (excludes halogenated alkanes) is 14. The van der Waals surface area contributed by atoms with Crippen LogP contribution in [0.1, 0.15) is 123 Å². The second-order valence-corrected chi connectivity index (χ2v) is 9.00. The number of aliphatic imine (C=N–C) groups is 1. The van der Waals surface area contributed by atoms with E-state index in [1.807, 2.05) is 0 Å². The lowest BCUT2D eigenvalue weighted by molar-refractivity contribution is -0.175. The first-order valence-electron chi connectivity index (χ1n) is 12.2. The fraction of sp³-hybridized carbons (Fsp3) is 0.917. The number of carbonyl (C=O) groups is 1. The highest BCUT2D eigenvalue weighted by atomic mass is 16.7. The molecule has 0 spiro atoms. The van der Waals surface area contributed by atoms with Crippen LogP contribution in [0.25, 0.3) is 0 Å². The fourth-order valence-corrected chi connectivity index (χ4v) is 3.87. The lowest BCUT2D eigenvalue weighted by Gasteiger charge is -2.23.